The molecule has 0 fully saturated rings. The number of carbonyl (C=O) groups excluding carboxylic acids is 2. The summed E-state index contributed by atoms with van der Waals surface area (Å²) in [5, 5.41) is 0. The molecule has 10 heteroatoms. The molecular formula is C42H81NO8P+. The van der Waals surface area contributed by atoms with Crippen molar-refractivity contribution < 1.29 is 42.1 Å². The van der Waals surface area contributed by atoms with Gasteiger partial charge in [0.25, 0.3) is 0 Å². The van der Waals surface area contributed by atoms with Gasteiger partial charge in [-0.05, 0) is 51.4 Å². The Morgan fingerprint density at radius 1 is 0.635 bits per heavy atom. The summed E-state index contributed by atoms with van der Waals surface area (Å²) in [6.07, 6.45) is 35.4. The summed E-state index contributed by atoms with van der Waals surface area (Å²) in [6.45, 7) is 5.92. The zero-order valence-electron chi connectivity index (χ0n) is 34.1. The number of quaternary nitrogens is 1. The smallest absolute Gasteiger partial charge is 0.462 e. The monoisotopic (exact) mass is 759 g/mol. The van der Waals surface area contributed by atoms with Crippen LogP contribution in [0.15, 0.2) is 24.8 Å². The van der Waals surface area contributed by atoms with E-state index >= 15 is 0 Å². The molecule has 9 nitrogen and oxygen atoms in total. The van der Waals surface area contributed by atoms with E-state index in [0.717, 1.165) is 57.8 Å². The van der Waals surface area contributed by atoms with Crippen molar-refractivity contribution in [2.24, 2.45) is 0 Å². The summed E-state index contributed by atoms with van der Waals surface area (Å²) in [7, 11) is 1.47. The van der Waals surface area contributed by atoms with Gasteiger partial charge in [0.2, 0.25) is 0 Å². The highest BCUT2D eigenvalue weighted by Gasteiger charge is 2.27. The summed E-state index contributed by atoms with van der Waals surface area (Å²) >= 11 is 0. The van der Waals surface area contributed by atoms with Gasteiger partial charge in [-0.15, -0.1) is 6.58 Å². The molecule has 0 bridgehead atoms. The Morgan fingerprint density at radius 2 is 1.08 bits per heavy atom. The molecule has 52 heavy (non-hydrogen) atoms. The van der Waals surface area contributed by atoms with E-state index in [1.165, 1.54) is 96.3 Å². The fraction of sp³-hybridized carbons (Fsp3) is 0.857. The standard InChI is InChI=1S/C42H80NO8P/c1-6-8-10-12-14-16-18-20-21-23-25-27-29-31-33-35-42(45)51-40(39-50-52(46,47)49-37-36-43(3,4)5)38-48-41(44)34-32-30-28-26-24-22-19-17-15-13-11-9-7-2/h6,17,19,40H,1,7-16,18,20-39H2,2-5H3/p+1/b19-17+/t40-/m1/s1. The Balaban J connectivity index is 4.37. The maximum Gasteiger partial charge on any atom is 0.472 e. The highest BCUT2D eigenvalue weighted by molar-refractivity contribution is 7.47. The highest BCUT2D eigenvalue weighted by Crippen LogP contribution is 2.43. The van der Waals surface area contributed by atoms with Crippen LogP contribution in [0.4, 0.5) is 0 Å². The molecule has 0 aliphatic heterocycles. The molecular weight excluding hydrogens is 677 g/mol. The van der Waals surface area contributed by atoms with Crippen molar-refractivity contribution in [2.75, 3.05) is 47.5 Å². The van der Waals surface area contributed by atoms with Crippen LogP contribution in [0, 0.1) is 0 Å². The van der Waals surface area contributed by atoms with Gasteiger partial charge in [-0.2, -0.15) is 0 Å². The maximum atomic E-state index is 12.7. The summed E-state index contributed by atoms with van der Waals surface area (Å²) in [5.74, 6) is -0.808. The number of likely N-dealkylation sites (N-methyl/N-ethyl adjacent to an activating group) is 1. The van der Waals surface area contributed by atoms with Crippen LogP contribution in [0.25, 0.3) is 0 Å². The van der Waals surface area contributed by atoms with E-state index in [4.69, 9.17) is 18.5 Å². The van der Waals surface area contributed by atoms with E-state index in [1.54, 1.807) is 0 Å². The molecule has 2 atom stereocenters. The van der Waals surface area contributed by atoms with Crippen LogP contribution in [0.5, 0.6) is 0 Å². The molecule has 0 amide bonds. The first-order valence-electron chi connectivity index (χ1n) is 21.0. The summed E-state index contributed by atoms with van der Waals surface area (Å²) in [5.41, 5.74) is 0. The second-order valence-electron chi connectivity index (χ2n) is 15.5. The molecule has 1 unspecified atom stereocenters. The van der Waals surface area contributed by atoms with Gasteiger partial charge < -0.3 is 18.9 Å². The number of nitrogens with zero attached hydrogens (tertiary/aromatic N) is 1. The van der Waals surface area contributed by atoms with Crippen molar-refractivity contribution in [1.82, 2.24) is 0 Å². The largest absolute Gasteiger partial charge is 0.472 e. The van der Waals surface area contributed by atoms with Gasteiger partial charge >= 0.3 is 19.8 Å². The minimum Gasteiger partial charge on any atom is -0.462 e. The quantitative estimate of drug-likeness (QED) is 0.0217. The van der Waals surface area contributed by atoms with Crippen molar-refractivity contribution in [1.29, 1.82) is 0 Å². The van der Waals surface area contributed by atoms with Crippen molar-refractivity contribution in [2.45, 2.75) is 186 Å². The first-order chi connectivity index (χ1) is 25.0. The Morgan fingerprint density at radius 3 is 1.56 bits per heavy atom. The van der Waals surface area contributed by atoms with Gasteiger partial charge in [-0.3, -0.25) is 18.6 Å². The number of phosphoric ester groups is 1. The van der Waals surface area contributed by atoms with Gasteiger partial charge in [0, 0.05) is 12.8 Å². The zero-order chi connectivity index (χ0) is 38.6. The number of allylic oxidation sites excluding steroid dienone is 3. The van der Waals surface area contributed by atoms with Crippen molar-refractivity contribution in [3.05, 3.63) is 24.8 Å². The van der Waals surface area contributed by atoms with Gasteiger partial charge in [0.15, 0.2) is 6.10 Å². The third-order valence-electron chi connectivity index (χ3n) is 9.10. The number of carbonyl (C=O) groups is 2. The van der Waals surface area contributed by atoms with E-state index in [2.05, 4.69) is 25.7 Å². The number of hydrogen-bond donors (Lipinski definition) is 1. The molecule has 0 radical (unpaired) electrons. The second-order valence-corrected chi connectivity index (χ2v) is 16.9. The SMILES string of the molecule is C=CCCCCCCCCCCCCCCCC(=O)O[C@H](COC(=O)CCCCCCC/C=C/CCCCCC)COP(=O)(O)OCC[N+](C)(C)C. The molecule has 0 saturated carbocycles. The third kappa shape index (κ3) is 38.2. The molecule has 0 aromatic heterocycles. The van der Waals surface area contributed by atoms with Crippen LogP contribution in [0.2, 0.25) is 0 Å². The minimum atomic E-state index is -4.37. The Kier molecular flexibility index (Phi) is 34.2. The molecule has 306 valence electrons. The summed E-state index contributed by atoms with van der Waals surface area (Å²) < 4.78 is 34.2. The molecule has 0 saturated heterocycles. The fourth-order valence-electron chi connectivity index (χ4n) is 5.75. The average molecular weight is 759 g/mol. The van der Waals surface area contributed by atoms with E-state index in [0.29, 0.717) is 17.4 Å². The predicted octanol–water partition coefficient (Wildman–Crippen LogP) is 11.6. The molecule has 0 spiro atoms. The van der Waals surface area contributed by atoms with E-state index < -0.39 is 26.5 Å². The normalized spacial score (nSPS) is 13.6. The maximum absolute atomic E-state index is 12.7. The number of rotatable bonds is 39. The lowest BCUT2D eigenvalue weighted by Crippen LogP contribution is -2.37. The van der Waals surface area contributed by atoms with Crippen LogP contribution in [-0.2, 0) is 32.7 Å². The van der Waals surface area contributed by atoms with Crippen LogP contribution < -0.4 is 0 Å². The molecule has 0 aliphatic rings. The molecule has 0 heterocycles. The summed E-state index contributed by atoms with van der Waals surface area (Å²) in [6, 6.07) is 0. The van der Waals surface area contributed by atoms with Crippen molar-refractivity contribution in [3.8, 4) is 0 Å². The average Bonchev–Trinajstić information content (AvgIpc) is 3.09. The first kappa shape index (κ1) is 50.5. The van der Waals surface area contributed by atoms with Gasteiger partial charge in [0.1, 0.15) is 19.8 Å². The lowest BCUT2D eigenvalue weighted by molar-refractivity contribution is -0.870. The highest BCUT2D eigenvalue weighted by atomic mass is 31.2. The number of hydrogen-bond acceptors (Lipinski definition) is 7. The van der Waals surface area contributed by atoms with E-state index in [1.807, 2.05) is 27.2 Å². The van der Waals surface area contributed by atoms with Gasteiger partial charge in [-0.25, -0.2) is 4.57 Å². The topological polar surface area (TPSA) is 108 Å². The van der Waals surface area contributed by atoms with E-state index in [9.17, 15) is 19.0 Å². The fourth-order valence-corrected chi connectivity index (χ4v) is 6.49. The second kappa shape index (κ2) is 35.2. The lowest BCUT2D eigenvalue weighted by atomic mass is 10.0. The lowest BCUT2D eigenvalue weighted by Gasteiger charge is -2.24. The molecule has 0 rings (SSSR count). The van der Waals surface area contributed by atoms with Gasteiger partial charge in [0.05, 0.1) is 27.7 Å². The van der Waals surface area contributed by atoms with Gasteiger partial charge in [-0.1, -0.05) is 134 Å². The molecule has 1 N–H and O–H groups in total. The Labute approximate surface area is 319 Å². The minimum absolute atomic E-state index is 0.0310. The summed E-state index contributed by atoms with van der Waals surface area (Å²) in [4.78, 5) is 35.3. The third-order valence-corrected chi connectivity index (χ3v) is 10.1. The number of phosphoric acid groups is 1. The van der Waals surface area contributed by atoms with Crippen molar-refractivity contribution >= 4 is 19.8 Å². The van der Waals surface area contributed by atoms with Crippen LogP contribution in [0.1, 0.15) is 180 Å². The van der Waals surface area contributed by atoms with Crippen LogP contribution >= 0.6 is 7.82 Å². The zero-order valence-corrected chi connectivity index (χ0v) is 35.0. The number of esters is 2. The molecule has 0 aromatic carbocycles. The Hall–Kier alpha value is -1.51. The molecule has 0 aromatic rings. The van der Waals surface area contributed by atoms with Crippen LogP contribution in [0.3, 0.4) is 0 Å². The van der Waals surface area contributed by atoms with E-state index in [-0.39, 0.29) is 32.0 Å². The van der Waals surface area contributed by atoms with Crippen LogP contribution in [-0.4, -0.2) is 74.9 Å². The Bertz CT molecular complexity index is 935. The molecule has 0 aliphatic carbocycles. The first-order valence-corrected chi connectivity index (χ1v) is 22.5. The number of unbranched alkanes of at least 4 members (excludes halogenated alkanes) is 22. The predicted molar refractivity (Wildman–Crippen MR) is 215 cm³/mol. The van der Waals surface area contributed by atoms with Crippen molar-refractivity contribution in [3.63, 3.8) is 0 Å². The number of ether oxygens (including phenoxy) is 2.